The number of hydrogen-bond acceptors (Lipinski definition) is 5. The number of aromatic amines is 1. The summed E-state index contributed by atoms with van der Waals surface area (Å²) in [6.45, 7) is 2.80. The van der Waals surface area contributed by atoms with Crippen molar-refractivity contribution in [1.82, 2.24) is 15.3 Å². The average Bonchev–Trinajstić information content (AvgIpc) is 3.09. The number of nitrogens with one attached hydrogen (secondary N) is 2. The smallest absolute Gasteiger partial charge is 0.258 e. The van der Waals surface area contributed by atoms with Crippen LogP contribution in [-0.2, 0) is 16.8 Å². The molecule has 0 saturated carbocycles. The van der Waals surface area contributed by atoms with Gasteiger partial charge >= 0.3 is 0 Å². The van der Waals surface area contributed by atoms with E-state index in [4.69, 9.17) is 4.74 Å². The number of aromatic nitrogens is 2. The SMILES string of the molecule is O=c1[nH]cnc2ccc(-c3cc4c(s3)C3(CCNCC3)OCC4)cc12. The molecule has 0 radical (unpaired) electrons. The Balaban J connectivity index is 1.62. The van der Waals surface area contributed by atoms with Crippen molar-refractivity contribution in [2.45, 2.75) is 24.9 Å². The summed E-state index contributed by atoms with van der Waals surface area (Å²) in [5, 5.41) is 4.07. The van der Waals surface area contributed by atoms with Crippen molar-refractivity contribution in [2.24, 2.45) is 0 Å². The molecule has 4 heterocycles. The highest BCUT2D eigenvalue weighted by atomic mass is 32.1. The van der Waals surface area contributed by atoms with Crippen molar-refractivity contribution >= 4 is 22.2 Å². The van der Waals surface area contributed by atoms with Crippen molar-refractivity contribution in [2.75, 3.05) is 19.7 Å². The summed E-state index contributed by atoms with van der Waals surface area (Å²) in [5.41, 5.74) is 3.01. The molecule has 1 saturated heterocycles. The van der Waals surface area contributed by atoms with Crippen LogP contribution < -0.4 is 10.9 Å². The van der Waals surface area contributed by atoms with Gasteiger partial charge in [0, 0.05) is 9.75 Å². The summed E-state index contributed by atoms with van der Waals surface area (Å²) in [6, 6.07) is 8.23. The van der Waals surface area contributed by atoms with Gasteiger partial charge < -0.3 is 15.0 Å². The van der Waals surface area contributed by atoms with E-state index in [2.05, 4.69) is 27.4 Å². The minimum atomic E-state index is -0.113. The lowest BCUT2D eigenvalue weighted by Crippen LogP contribution is -2.43. The summed E-state index contributed by atoms with van der Waals surface area (Å²) in [6.07, 6.45) is 4.48. The van der Waals surface area contributed by atoms with E-state index in [9.17, 15) is 4.79 Å². The van der Waals surface area contributed by atoms with Crippen LogP contribution in [0.3, 0.4) is 0 Å². The predicted molar refractivity (Wildman–Crippen MR) is 99.1 cm³/mol. The number of H-pyrrole nitrogens is 1. The van der Waals surface area contributed by atoms with Crippen LogP contribution in [0.1, 0.15) is 23.3 Å². The minimum Gasteiger partial charge on any atom is -0.369 e. The largest absolute Gasteiger partial charge is 0.369 e. The highest BCUT2D eigenvalue weighted by Gasteiger charge is 2.40. The van der Waals surface area contributed by atoms with E-state index in [1.54, 1.807) is 0 Å². The fraction of sp³-hybridized carbons (Fsp3) is 0.368. The molecule has 2 N–H and O–H groups in total. The molecule has 25 heavy (non-hydrogen) atoms. The zero-order valence-corrected chi connectivity index (χ0v) is 14.6. The van der Waals surface area contributed by atoms with E-state index in [0.29, 0.717) is 5.39 Å². The van der Waals surface area contributed by atoms with Crippen LogP contribution in [-0.4, -0.2) is 29.7 Å². The van der Waals surface area contributed by atoms with Crippen molar-refractivity contribution in [3.63, 3.8) is 0 Å². The second-order valence-electron chi connectivity index (χ2n) is 6.77. The van der Waals surface area contributed by atoms with Crippen molar-refractivity contribution in [1.29, 1.82) is 0 Å². The average molecular weight is 353 g/mol. The maximum absolute atomic E-state index is 12.1. The Labute approximate surface area is 149 Å². The van der Waals surface area contributed by atoms with Gasteiger partial charge in [-0.15, -0.1) is 11.3 Å². The lowest BCUT2D eigenvalue weighted by molar-refractivity contribution is -0.0771. The first-order valence-electron chi connectivity index (χ1n) is 8.71. The van der Waals surface area contributed by atoms with Gasteiger partial charge in [0.1, 0.15) is 5.60 Å². The van der Waals surface area contributed by atoms with Crippen LogP contribution in [0.5, 0.6) is 0 Å². The van der Waals surface area contributed by atoms with Crippen LogP contribution >= 0.6 is 11.3 Å². The fourth-order valence-corrected chi connectivity index (χ4v) is 5.40. The van der Waals surface area contributed by atoms with Crippen LogP contribution in [0.2, 0.25) is 0 Å². The number of fused-ring (bicyclic) bond motifs is 3. The van der Waals surface area contributed by atoms with Gasteiger partial charge in [0.05, 0.1) is 23.8 Å². The zero-order chi connectivity index (χ0) is 16.9. The van der Waals surface area contributed by atoms with E-state index in [1.807, 2.05) is 23.5 Å². The number of thiophene rings is 1. The van der Waals surface area contributed by atoms with Crippen molar-refractivity contribution in [3.05, 3.63) is 51.4 Å². The number of hydrogen-bond donors (Lipinski definition) is 2. The molecule has 0 atom stereocenters. The molecule has 3 aromatic rings. The van der Waals surface area contributed by atoms with E-state index in [0.717, 1.165) is 50.0 Å². The third-order valence-electron chi connectivity index (χ3n) is 5.31. The van der Waals surface area contributed by atoms with E-state index >= 15 is 0 Å². The number of benzene rings is 1. The van der Waals surface area contributed by atoms with Gasteiger partial charge in [-0.1, -0.05) is 6.07 Å². The van der Waals surface area contributed by atoms with Gasteiger partial charge in [-0.05, 0) is 61.7 Å². The highest BCUT2D eigenvalue weighted by molar-refractivity contribution is 7.15. The van der Waals surface area contributed by atoms with Gasteiger partial charge in [0.25, 0.3) is 5.56 Å². The normalized spacial score (nSPS) is 19.2. The maximum atomic E-state index is 12.1. The summed E-state index contributed by atoms with van der Waals surface area (Å²) >= 11 is 1.82. The fourth-order valence-electron chi connectivity index (χ4n) is 3.99. The predicted octanol–water partition coefficient (Wildman–Crippen LogP) is 2.80. The quantitative estimate of drug-likeness (QED) is 0.706. The molecule has 0 bridgehead atoms. The Bertz CT molecular complexity index is 1000. The molecule has 1 aromatic carbocycles. The number of rotatable bonds is 1. The van der Waals surface area contributed by atoms with Crippen molar-refractivity contribution in [3.8, 4) is 10.4 Å². The topological polar surface area (TPSA) is 67.0 Å². The molecule has 0 aliphatic carbocycles. The molecule has 6 heteroatoms. The Morgan fingerprint density at radius 2 is 2.08 bits per heavy atom. The summed E-state index contributed by atoms with van der Waals surface area (Å²) in [4.78, 5) is 21.6. The Morgan fingerprint density at radius 1 is 1.20 bits per heavy atom. The van der Waals surface area contributed by atoms with Gasteiger partial charge in [-0.2, -0.15) is 0 Å². The van der Waals surface area contributed by atoms with Crippen molar-refractivity contribution < 1.29 is 4.74 Å². The van der Waals surface area contributed by atoms with Crippen LogP contribution in [0.25, 0.3) is 21.3 Å². The Hall–Kier alpha value is -2.02. The second-order valence-corrected chi connectivity index (χ2v) is 7.82. The van der Waals surface area contributed by atoms with Gasteiger partial charge in [-0.25, -0.2) is 4.98 Å². The number of ether oxygens (including phenoxy) is 1. The first-order chi connectivity index (χ1) is 12.3. The second kappa shape index (κ2) is 5.76. The number of piperidine rings is 1. The summed E-state index contributed by atoms with van der Waals surface area (Å²) in [7, 11) is 0. The van der Waals surface area contributed by atoms with E-state index in [-0.39, 0.29) is 11.2 Å². The lowest BCUT2D eigenvalue weighted by Gasteiger charge is -2.40. The Morgan fingerprint density at radius 3 is 2.96 bits per heavy atom. The minimum absolute atomic E-state index is 0.0914. The molecule has 2 aliphatic heterocycles. The van der Waals surface area contributed by atoms with Crippen LogP contribution in [0.4, 0.5) is 0 Å². The van der Waals surface area contributed by atoms with Gasteiger partial charge in [0.15, 0.2) is 0 Å². The monoisotopic (exact) mass is 353 g/mol. The lowest BCUT2D eigenvalue weighted by atomic mass is 9.86. The molecule has 1 spiro atoms. The van der Waals surface area contributed by atoms with Crippen LogP contribution in [0.15, 0.2) is 35.4 Å². The molecule has 2 aromatic heterocycles. The summed E-state index contributed by atoms with van der Waals surface area (Å²) < 4.78 is 6.28. The Kier molecular flexibility index (Phi) is 3.51. The zero-order valence-electron chi connectivity index (χ0n) is 13.8. The molecule has 2 aliphatic rings. The van der Waals surface area contributed by atoms with Gasteiger partial charge in [-0.3, -0.25) is 4.79 Å². The molecular weight excluding hydrogens is 334 g/mol. The highest BCUT2D eigenvalue weighted by Crippen LogP contribution is 2.46. The molecule has 0 amide bonds. The summed E-state index contributed by atoms with van der Waals surface area (Å²) in [5.74, 6) is 0. The molecule has 5 rings (SSSR count). The van der Waals surface area contributed by atoms with E-state index in [1.165, 1.54) is 21.6 Å². The molecule has 128 valence electrons. The number of nitrogens with zero attached hydrogens (tertiary/aromatic N) is 1. The molecule has 1 fully saturated rings. The van der Waals surface area contributed by atoms with Gasteiger partial charge in [0.2, 0.25) is 0 Å². The maximum Gasteiger partial charge on any atom is 0.258 e. The third kappa shape index (κ3) is 2.44. The third-order valence-corrected chi connectivity index (χ3v) is 6.72. The van der Waals surface area contributed by atoms with Crippen LogP contribution in [0, 0.1) is 0 Å². The first-order valence-corrected chi connectivity index (χ1v) is 9.53. The van der Waals surface area contributed by atoms with E-state index < -0.39 is 0 Å². The standard InChI is InChI=1S/C19H19N3O2S/c23-18-14-9-12(1-2-15(14)21-11-22-18)16-10-13-3-8-24-19(17(13)25-16)4-6-20-7-5-19/h1-2,9-11,20H,3-8H2,(H,21,22,23). The molecular formula is C19H19N3O2S. The first kappa shape index (κ1) is 15.3. The molecule has 5 nitrogen and oxygen atoms in total. The molecule has 0 unspecified atom stereocenters.